The van der Waals surface area contributed by atoms with Crippen molar-refractivity contribution in [3.05, 3.63) is 35.4 Å². The second kappa shape index (κ2) is 11.9. The number of halogens is 1. The van der Waals surface area contributed by atoms with Crippen molar-refractivity contribution in [2.24, 2.45) is 5.73 Å². The van der Waals surface area contributed by atoms with Gasteiger partial charge in [0.1, 0.15) is 0 Å². The quantitative estimate of drug-likeness (QED) is 0.647. The van der Waals surface area contributed by atoms with Gasteiger partial charge in [0.25, 0.3) is 11.8 Å². The highest BCUT2D eigenvalue weighted by Crippen LogP contribution is 2.12. The summed E-state index contributed by atoms with van der Waals surface area (Å²) in [4.78, 5) is 27.0. The number of amides is 2. The van der Waals surface area contributed by atoms with Gasteiger partial charge in [0, 0.05) is 36.3 Å². The first-order valence-electron chi connectivity index (χ1n) is 9.37. The molecule has 0 fully saturated rings. The Balaban J connectivity index is 0.00000625. The molecule has 0 aliphatic heterocycles. The lowest BCUT2D eigenvalue weighted by atomic mass is 9.94. The Morgan fingerprint density at radius 3 is 2.08 bits per heavy atom. The fourth-order valence-electron chi connectivity index (χ4n) is 2.69. The molecule has 26 heavy (non-hydrogen) atoms. The number of carbonyl (C=O) groups excluding carboxylic acids is 2. The van der Waals surface area contributed by atoms with Gasteiger partial charge in [0.15, 0.2) is 0 Å². The summed E-state index contributed by atoms with van der Waals surface area (Å²) in [6.45, 7) is 10.0. The van der Waals surface area contributed by atoms with E-state index in [0.717, 1.165) is 38.8 Å². The summed E-state index contributed by atoms with van der Waals surface area (Å²) in [5, 5.41) is 2.90. The number of nitrogens with two attached hydrogens (primary N) is 1. The average molecular weight is 384 g/mol. The Hall–Kier alpha value is -1.59. The van der Waals surface area contributed by atoms with E-state index in [4.69, 9.17) is 5.73 Å². The van der Waals surface area contributed by atoms with Crippen LogP contribution in [0.15, 0.2) is 24.3 Å². The molecule has 0 aliphatic carbocycles. The van der Waals surface area contributed by atoms with Crippen molar-refractivity contribution in [3.8, 4) is 0 Å². The van der Waals surface area contributed by atoms with Gasteiger partial charge in [-0.1, -0.05) is 33.8 Å². The molecule has 0 heterocycles. The van der Waals surface area contributed by atoms with Gasteiger partial charge in [-0.2, -0.15) is 0 Å². The van der Waals surface area contributed by atoms with Crippen molar-refractivity contribution in [2.45, 2.75) is 58.9 Å². The van der Waals surface area contributed by atoms with E-state index < -0.39 is 0 Å². The zero-order chi connectivity index (χ0) is 18.9. The number of nitrogens with zero attached hydrogens (tertiary/aromatic N) is 1. The van der Waals surface area contributed by atoms with Gasteiger partial charge in [-0.3, -0.25) is 9.59 Å². The Labute approximate surface area is 164 Å². The monoisotopic (exact) mass is 383 g/mol. The Bertz CT molecular complexity index is 568. The molecule has 1 aromatic rings. The standard InChI is InChI=1S/C20H33N3O2.ClH/c1-5-12-23(13-6-2)19(25)17-11-9-10-16(14-17)18(24)22-15-20(21,7-3)8-4;/h9-11,14H,5-8,12-13,15,21H2,1-4H3,(H,22,24);1H. The molecule has 3 N–H and O–H groups in total. The molecule has 1 rings (SSSR count). The highest BCUT2D eigenvalue weighted by molar-refractivity contribution is 5.99. The van der Waals surface area contributed by atoms with Gasteiger partial charge in [-0.05, 0) is 43.9 Å². The van der Waals surface area contributed by atoms with E-state index in [1.807, 2.05) is 18.7 Å². The van der Waals surface area contributed by atoms with Gasteiger partial charge >= 0.3 is 0 Å². The molecule has 0 atom stereocenters. The molecule has 2 amide bonds. The fourth-order valence-corrected chi connectivity index (χ4v) is 2.69. The molecular formula is C20H34ClN3O2. The summed E-state index contributed by atoms with van der Waals surface area (Å²) >= 11 is 0. The lowest BCUT2D eigenvalue weighted by molar-refractivity contribution is 0.0755. The van der Waals surface area contributed by atoms with Crippen molar-refractivity contribution < 1.29 is 9.59 Å². The van der Waals surface area contributed by atoms with Gasteiger partial charge in [0.2, 0.25) is 0 Å². The van der Waals surface area contributed by atoms with Crippen molar-refractivity contribution >= 4 is 24.2 Å². The molecule has 0 aromatic heterocycles. The van der Waals surface area contributed by atoms with E-state index >= 15 is 0 Å². The molecule has 0 saturated heterocycles. The van der Waals surface area contributed by atoms with Crippen molar-refractivity contribution in [1.82, 2.24) is 10.2 Å². The van der Waals surface area contributed by atoms with Crippen molar-refractivity contribution in [2.75, 3.05) is 19.6 Å². The largest absolute Gasteiger partial charge is 0.350 e. The molecule has 0 unspecified atom stereocenters. The summed E-state index contributed by atoms with van der Waals surface area (Å²) in [6, 6.07) is 6.93. The molecule has 0 saturated carbocycles. The van der Waals surface area contributed by atoms with Crippen LogP contribution in [0.3, 0.4) is 0 Å². The first-order chi connectivity index (χ1) is 11.9. The number of hydrogen-bond acceptors (Lipinski definition) is 3. The Kier molecular flexibility index (Phi) is 11.2. The molecule has 0 bridgehead atoms. The molecule has 0 radical (unpaired) electrons. The lowest BCUT2D eigenvalue weighted by Gasteiger charge is -2.26. The van der Waals surface area contributed by atoms with Crippen LogP contribution in [-0.2, 0) is 0 Å². The minimum atomic E-state index is -0.387. The van der Waals surface area contributed by atoms with Gasteiger partial charge in [-0.15, -0.1) is 12.4 Å². The van der Waals surface area contributed by atoms with Crippen LogP contribution in [0.2, 0.25) is 0 Å². The first kappa shape index (κ1) is 24.4. The second-order valence-corrected chi connectivity index (χ2v) is 6.63. The van der Waals surface area contributed by atoms with E-state index in [-0.39, 0.29) is 29.8 Å². The number of rotatable bonds is 10. The Morgan fingerprint density at radius 2 is 1.58 bits per heavy atom. The average Bonchev–Trinajstić information content (AvgIpc) is 2.65. The molecular weight excluding hydrogens is 350 g/mol. The predicted octanol–water partition coefficient (Wildman–Crippen LogP) is 3.62. The smallest absolute Gasteiger partial charge is 0.253 e. The maximum absolute atomic E-state index is 12.7. The molecule has 148 valence electrons. The summed E-state index contributed by atoms with van der Waals surface area (Å²) in [5.74, 6) is -0.211. The summed E-state index contributed by atoms with van der Waals surface area (Å²) in [7, 11) is 0. The lowest BCUT2D eigenvalue weighted by Crippen LogP contribution is -2.49. The minimum absolute atomic E-state index is 0. The van der Waals surface area contributed by atoms with Gasteiger partial charge in [0.05, 0.1) is 0 Å². The first-order valence-corrected chi connectivity index (χ1v) is 9.37. The van der Waals surface area contributed by atoms with Gasteiger partial charge < -0.3 is 16.0 Å². The molecule has 0 aliphatic rings. The number of carbonyl (C=O) groups is 2. The normalized spacial score (nSPS) is 10.8. The maximum atomic E-state index is 12.7. The van der Waals surface area contributed by atoms with Crippen molar-refractivity contribution in [3.63, 3.8) is 0 Å². The van der Waals surface area contributed by atoms with E-state index in [1.165, 1.54) is 0 Å². The van der Waals surface area contributed by atoms with Crippen molar-refractivity contribution in [1.29, 1.82) is 0 Å². The van der Waals surface area contributed by atoms with Crippen LogP contribution in [0, 0.1) is 0 Å². The molecule has 1 aromatic carbocycles. The summed E-state index contributed by atoms with van der Waals surface area (Å²) < 4.78 is 0. The predicted molar refractivity (Wildman–Crippen MR) is 110 cm³/mol. The van der Waals surface area contributed by atoms with Crippen LogP contribution >= 0.6 is 12.4 Å². The highest BCUT2D eigenvalue weighted by Gasteiger charge is 2.22. The van der Waals surface area contributed by atoms with Gasteiger partial charge in [-0.25, -0.2) is 0 Å². The van der Waals surface area contributed by atoms with Crippen LogP contribution in [-0.4, -0.2) is 41.9 Å². The van der Waals surface area contributed by atoms with Crippen LogP contribution in [0.5, 0.6) is 0 Å². The number of benzene rings is 1. The zero-order valence-electron chi connectivity index (χ0n) is 16.5. The third kappa shape index (κ3) is 6.96. The zero-order valence-corrected chi connectivity index (χ0v) is 17.3. The van der Waals surface area contributed by atoms with E-state index in [9.17, 15) is 9.59 Å². The maximum Gasteiger partial charge on any atom is 0.253 e. The SMILES string of the molecule is CCCN(CCC)C(=O)c1cccc(C(=O)NCC(N)(CC)CC)c1.Cl. The molecule has 0 spiro atoms. The number of hydrogen-bond donors (Lipinski definition) is 2. The molecule has 6 heteroatoms. The summed E-state index contributed by atoms with van der Waals surface area (Å²) in [5.41, 5.74) is 6.89. The second-order valence-electron chi connectivity index (χ2n) is 6.63. The van der Waals surface area contributed by atoms with E-state index in [2.05, 4.69) is 19.2 Å². The topological polar surface area (TPSA) is 75.4 Å². The van der Waals surface area contributed by atoms with Crippen LogP contribution in [0.4, 0.5) is 0 Å². The minimum Gasteiger partial charge on any atom is -0.350 e. The third-order valence-corrected chi connectivity index (χ3v) is 4.66. The van der Waals surface area contributed by atoms with Crippen LogP contribution in [0.1, 0.15) is 74.1 Å². The number of nitrogens with one attached hydrogen (secondary N) is 1. The highest BCUT2D eigenvalue weighted by atomic mass is 35.5. The molecule has 5 nitrogen and oxygen atoms in total. The van der Waals surface area contributed by atoms with Crippen LogP contribution in [0.25, 0.3) is 0 Å². The Morgan fingerprint density at radius 1 is 1.04 bits per heavy atom. The van der Waals surface area contributed by atoms with E-state index in [0.29, 0.717) is 17.7 Å². The third-order valence-electron chi connectivity index (χ3n) is 4.66. The van der Waals surface area contributed by atoms with Crippen LogP contribution < -0.4 is 11.1 Å². The fraction of sp³-hybridized carbons (Fsp3) is 0.600. The van der Waals surface area contributed by atoms with E-state index in [1.54, 1.807) is 24.3 Å². The summed E-state index contributed by atoms with van der Waals surface area (Å²) in [6.07, 6.45) is 3.42.